The number of para-hydroxylation sites is 1. The lowest BCUT2D eigenvalue weighted by Crippen LogP contribution is -2.29. The number of benzene rings is 2. The van der Waals surface area contributed by atoms with Crippen LogP contribution in [0.1, 0.15) is 52.8 Å². The Kier molecular flexibility index (Phi) is 7.80. The van der Waals surface area contributed by atoms with Gasteiger partial charge in [-0.2, -0.15) is 0 Å². The standard InChI is InChI=1S/C31H35N5O3S2/c1-7-22-12-10-11-19(2)29(22)35-20(3)17-24(21(35)4)30-28(26-13-8-9-16-32-26)33-31(40)36(30)23-14-15-25(27(18-23)39-5)34-41(6,37)38/h8-18,28,30,34H,7H2,1-6H3,(H,33,40)/t28-,30-/m0/s1. The molecule has 10 heteroatoms. The van der Waals surface area contributed by atoms with Crippen molar-refractivity contribution >= 4 is 38.7 Å². The molecule has 1 aliphatic heterocycles. The van der Waals surface area contributed by atoms with Gasteiger partial charge in [0, 0.05) is 29.3 Å². The van der Waals surface area contributed by atoms with E-state index in [0.717, 1.165) is 41.0 Å². The lowest BCUT2D eigenvalue weighted by atomic mass is 9.96. The van der Waals surface area contributed by atoms with Gasteiger partial charge in [0.1, 0.15) is 5.75 Å². The molecular weight excluding hydrogens is 555 g/mol. The zero-order valence-electron chi connectivity index (χ0n) is 24.1. The fraction of sp³-hybridized carbons (Fsp3) is 0.290. The van der Waals surface area contributed by atoms with Gasteiger partial charge in [-0.05, 0) is 86.4 Å². The molecule has 8 nitrogen and oxygen atoms in total. The highest BCUT2D eigenvalue weighted by molar-refractivity contribution is 7.92. The molecule has 3 heterocycles. The number of rotatable bonds is 8. The predicted molar refractivity (Wildman–Crippen MR) is 169 cm³/mol. The summed E-state index contributed by atoms with van der Waals surface area (Å²) < 4.78 is 34.3. The van der Waals surface area contributed by atoms with E-state index in [1.807, 2.05) is 30.3 Å². The SMILES string of the molecule is CCc1cccc(C)c1-n1c(C)cc([C@H]2[C@H](c3ccccn3)NC(=S)N2c2ccc(NS(C)(=O)=O)c(OC)c2)c1C. The average Bonchev–Trinajstić information content (AvgIpc) is 3.43. The maximum absolute atomic E-state index is 11.9. The molecule has 0 bridgehead atoms. The van der Waals surface area contributed by atoms with Gasteiger partial charge in [0.2, 0.25) is 10.0 Å². The van der Waals surface area contributed by atoms with Crippen molar-refractivity contribution in [2.24, 2.45) is 0 Å². The molecule has 2 N–H and O–H groups in total. The molecule has 0 aliphatic carbocycles. The number of sulfonamides is 1. The summed E-state index contributed by atoms with van der Waals surface area (Å²) in [6.07, 6.45) is 3.83. The molecular formula is C31H35N5O3S2. The topological polar surface area (TPSA) is 88.5 Å². The van der Waals surface area contributed by atoms with Crippen LogP contribution in [0.5, 0.6) is 5.75 Å². The fourth-order valence-corrected chi connectivity index (χ4v) is 6.73. The van der Waals surface area contributed by atoms with E-state index in [2.05, 4.69) is 76.5 Å². The van der Waals surface area contributed by atoms with Gasteiger partial charge >= 0.3 is 0 Å². The average molecular weight is 590 g/mol. The number of aromatic nitrogens is 2. The maximum Gasteiger partial charge on any atom is 0.229 e. The zero-order valence-corrected chi connectivity index (χ0v) is 25.7. The minimum absolute atomic E-state index is 0.222. The van der Waals surface area contributed by atoms with Crippen molar-refractivity contribution in [3.8, 4) is 11.4 Å². The van der Waals surface area contributed by atoms with E-state index in [1.54, 1.807) is 12.3 Å². The number of anilines is 2. The number of hydrogen-bond acceptors (Lipinski definition) is 5. The summed E-state index contributed by atoms with van der Waals surface area (Å²) in [6.45, 7) is 8.63. The van der Waals surface area contributed by atoms with Crippen LogP contribution in [-0.4, -0.2) is 36.4 Å². The van der Waals surface area contributed by atoms with Gasteiger partial charge in [-0.25, -0.2) is 8.42 Å². The number of thiocarbonyl (C=S) groups is 1. The third-order valence-electron chi connectivity index (χ3n) is 7.57. The highest BCUT2D eigenvalue weighted by atomic mass is 32.2. The molecule has 4 aromatic rings. The second kappa shape index (κ2) is 11.2. The molecule has 2 aromatic heterocycles. The Labute approximate surface area is 247 Å². The van der Waals surface area contributed by atoms with Crippen LogP contribution in [0, 0.1) is 20.8 Å². The summed E-state index contributed by atoms with van der Waals surface area (Å²) in [7, 11) is -1.97. The van der Waals surface area contributed by atoms with Crippen molar-refractivity contribution in [1.29, 1.82) is 0 Å². The normalized spacial score (nSPS) is 17.0. The quantitative estimate of drug-likeness (QED) is 0.247. The Bertz CT molecular complexity index is 1720. The van der Waals surface area contributed by atoms with Crippen LogP contribution in [0.2, 0.25) is 0 Å². The number of hydrogen-bond donors (Lipinski definition) is 2. The van der Waals surface area contributed by atoms with Crippen molar-refractivity contribution in [2.45, 2.75) is 46.2 Å². The summed E-state index contributed by atoms with van der Waals surface area (Å²) in [5, 5.41) is 4.07. The van der Waals surface area contributed by atoms with Crippen LogP contribution in [-0.2, 0) is 16.4 Å². The molecule has 41 heavy (non-hydrogen) atoms. The molecule has 0 unspecified atom stereocenters. The van der Waals surface area contributed by atoms with Crippen molar-refractivity contribution < 1.29 is 13.2 Å². The summed E-state index contributed by atoms with van der Waals surface area (Å²) in [4.78, 5) is 6.76. The first-order chi connectivity index (χ1) is 19.5. The van der Waals surface area contributed by atoms with E-state index >= 15 is 0 Å². The number of methoxy groups -OCH3 is 1. The second-order valence-corrected chi connectivity index (χ2v) is 12.5. The summed E-state index contributed by atoms with van der Waals surface area (Å²) in [5.41, 5.74) is 9.10. The van der Waals surface area contributed by atoms with Gasteiger partial charge in [-0.3, -0.25) is 9.71 Å². The van der Waals surface area contributed by atoms with Crippen LogP contribution >= 0.6 is 12.2 Å². The highest BCUT2D eigenvalue weighted by Crippen LogP contribution is 2.45. The molecule has 1 fully saturated rings. The van der Waals surface area contributed by atoms with Gasteiger partial charge in [0.05, 0.1) is 42.5 Å². The lowest BCUT2D eigenvalue weighted by Gasteiger charge is -2.29. The van der Waals surface area contributed by atoms with Crippen LogP contribution in [0.4, 0.5) is 11.4 Å². The van der Waals surface area contributed by atoms with Crippen LogP contribution in [0.15, 0.2) is 66.9 Å². The van der Waals surface area contributed by atoms with E-state index in [0.29, 0.717) is 16.5 Å². The number of aryl methyl sites for hydroxylation is 3. The molecule has 0 amide bonds. The van der Waals surface area contributed by atoms with E-state index in [4.69, 9.17) is 17.0 Å². The molecule has 214 valence electrons. The fourth-order valence-electron chi connectivity index (χ4n) is 5.82. The summed E-state index contributed by atoms with van der Waals surface area (Å²) >= 11 is 5.94. The third kappa shape index (κ3) is 5.41. The van der Waals surface area contributed by atoms with Gasteiger partial charge in [0.25, 0.3) is 0 Å². The molecule has 5 rings (SSSR count). The van der Waals surface area contributed by atoms with Crippen LogP contribution < -0.4 is 19.7 Å². The number of ether oxygens (including phenoxy) is 1. The van der Waals surface area contributed by atoms with Crippen molar-refractivity contribution in [3.63, 3.8) is 0 Å². The summed E-state index contributed by atoms with van der Waals surface area (Å²) in [6, 6.07) is 19.5. The molecule has 2 atom stereocenters. The van der Waals surface area contributed by atoms with E-state index in [1.165, 1.54) is 23.9 Å². The largest absolute Gasteiger partial charge is 0.494 e. The molecule has 2 aromatic carbocycles. The van der Waals surface area contributed by atoms with Gasteiger partial charge in [-0.15, -0.1) is 0 Å². The van der Waals surface area contributed by atoms with Gasteiger partial charge in [-0.1, -0.05) is 31.2 Å². The van der Waals surface area contributed by atoms with Crippen molar-refractivity contribution in [1.82, 2.24) is 14.9 Å². The minimum atomic E-state index is -3.49. The predicted octanol–water partition coefficient (Wildman–Crippen LogP) is 5.92. The first-order valence-electron chi connectivity index (χ1n) is 13.5. The van der Waals surface area contributed by atoms with Crippen LogP contribution in [0.25, 0.3) is 5.69 Å². The Morgan fingerprint density at radius 3 is 2.51 bits per heavy atom. The third-order valence-corrected chi connectivity index (χ3v) is 8.48. The number of nitrogens with zero attached hydrogens (tertiary/aromatic N) is 3. The molecule has 1 aliphatic rings. The lowest BCUT2D eigenvalue weighted by molar-refractivity contribution is 0.417. The van der Waals surface area contributed by atoms with E-state index in [-0.39, 0.29) is 12.1 Å². The number of pyridine rings is 1. The first-order valence-corrected chi connectivity index (χ1v) is 15.8. The van der Waals surface area contributed by atoms with Crippen LogP contribution in [0.3, 0.4) is 0 Å². The zero-order chi connectivity index (χ0) is 29.5. The van der Waals surface area contributed by atoms with Crippen molar-refractivity contribution in [2.75, 3.05) is 23.0 Å². The highest BCUT2D eigenvalue weighted by Gasteiger charge is 2.42. The molecule has 0 spiro atoms. The van der Waals surface area contributed by atoms with Gasteiger partial charge < -0.3 is 19.5 Å². The Morgan fingerprint density at radius 1 is 1.07 bits per heavy atom. The van der Waals surface area contributed by atoms with Gasteiger partial charge in [0.15, 0.2) is 5.11 Å². The smallest absolute Gasteiger partial charge is 0.229 e. The molecule has 1 saturated heterocycles. The minimum Gasteiger partial charge on any atom is -0.494 e. The molecule has 0 radical (unpaired) electrons. The summed E-state index contributed by atoms with van der Waals surface area (Å²) in [5.74, 6) is 0.397. The second-order valence-electron chi connectivity index (χ2n) is 10.4. The monoisotopic (exact) mass is 589 g/mol. The Balaban J connectivity index is 1.69. The molecule has 0 saturated carbocycles. The van der Waals surface area contributed by atoms with Crippen molar-refractivity contribution in [3.05, 3.63) is 101 Å². The maximum atomic E-state index is 11.9. The van der Waals surface area contributed by atoms with E-state index in [9.17, 15) is 8.42 Å². The number of nitrogens with one attached hydrogen (secondary N) is 2. The first kappa shape index (κ1) is 28.6. The Hall–Kier alpha value is -3.89. The Morgan fingerprint density at radius 2 is 1.85 bits per heavy atom. The van der Waals surface area contributed by atoms with E-state index < -0.39 is 10.0 Å².